The first-order valence-corrected chi connectivity index (χ1v) is 9.87. The van der Waals surface area contributed by atoms with Crippen LogP contribution in [0.5, 0.6) is 5.75 Å². The number of fused-ring (bicyclic) bond motifs is 1. The van der Waals surface area contributed by atoms with Gasteiger partial charge in [-0.05, 0) is 35.2 Å². The smallest absolute Gasteiger partial charge is 0.260 e. The van der Waals surface area contributed by atoms with Crippen LogP contribution < -0.4 is 10.1 Å². The Morgan fingerprint density at radius 1 is 1.21 bits per heavy atom. The Hall–Kier alpha value is -2.86. The van der Waals surface area contributed by atoms with Gasteiger partial charge in [-0.3, -0.25) is 9.59 Å². The van der Waals surface area contributed by atoms with Crippen molar-refractivity contribution >= 4 is 11.8 Å². The van der Waals surface area contributed by atoms with Gasteiger partial charge in [-0.15, -0.1) is 0 Å². The maximum atomic E-state index is 12.6. The van der Waals surface area contributed by atoms with Crippen molar-refractivity contribution in [3.05, 3.63) is 64.7 Å². The Balaban J connectivity index is 1.66. The van der Waals surface area contributed by atoms with Crippen molar-refractivity contribution in [1.29, 1.82) is 0 Å². The van der Waals surface area contributed by atoms with Gasteiger partial charge in [0.25, 0.3) is 11.8 Å². The van der Waals surface area contributed by atoms with Crippen molar-refractivity contribution in [3.8, 4) is 5.75 Å². The fourth-order valence-corrected chi connectivity index (χ4v) is 3.22. The number of carbonyl (C=O) groups excluding carboxylic acids is 2. The van der Waals surface area contributed by atoms with E-state index in [2.05, 4.69) is 31.3 Å². The molecule has 2 aromatic carbocycles. The molecule has 0 saturated heterocycles. The lowest BCUT2D eigenvalue weighted by atomic mass is 10.0. The van der Waals surface area contributed by atoms with Crippen LogP contribution >= 0.6 is 0 Å². The second kappa shape index (κ2) is 9.56. The molecule has 154 valence electrons. The van der Waals surface area contributed by atoms with Crippen LogP contribution in [0.4, 0.5) is 0 Å². The topological polar surface area (TPSA) is 67.9 Å². The Bertz CT molecular complexity index is 862. The Kier molecular flexibility index (Phi) is 6.88. The summed E-state index contributed by atoms with van der Waals surface area (Å²) in [5.74, 6) is 0.878. The minimum Gasteiger partial charge on any atom is -0.483 e. The number of benzene rings is 2. The first-order chi connectivity index (χ1) is 14.0. The fourth-order valence-electron chi connectivity index (χ4n) is 3.22. The highest BCUT2D eigenvalue weighted by atomic mass is 16.5. The van der Waals surface area contributed by atoms with Crippen LogP contribution in [0.1, 0.15) is 46.8 Å². The van der Waals surface area contributed by atoms with E-state index in [0.717, 1.165) is 11.1 Å². The molecule has 0 aromatic heterocycles. The number of carbonyl (C=O) groups is 2. The van der Waals surface area contributed by atoms with E-state index < -0.39 is 0 Å². The first kappa shape index (κ1) is 20.9. The lowest BCUT2D eigenvalue weighted by Gasteiger charge is -2.19. The molecule has 0 fully saturated rings. The minimum atomic E-state index is -0.153. The fraction of sp³-hybridized carbons (Fsp3) is 0.391. The lowest BCUT2D eigenvalue weighted by molar-refractivity contribution is -0.133. The predicted octanol–water partition coefficient (Wildman–Crippen LogP) is 3.11. The molecular formula is C23H28N2O4. The standard InChI is InChI=1S/C23H28N2O4/c1-16(2)18-6-4-17(5-7-18)13-24-23(27)19-8-9-21-20(12-19)14-25(10-11-28-3)22(26)15-29-21/h4-9,12,16H,10-11,13-15H2,1-3H3,(H,24,27). The van der Waals surface area contributed by atoms with Crippen LogP contribution in [0, 0.1) is 0 Å². The van der Waals surface area contributed by atoms with E-state index in [9.17, 15) is 9.59 Å². The van der Waals surface area contributed by atoms with Crippen molar-refractivity contribution in [2.45, 2.75) is 32.9 Å². The summed E-state index contributed by atoms with van der Waals surface area (Å²) in [7, 11) is 1.60. The maximum Gasteiger partial charge on any atom is 0.260 e. The minimum absolute atomic E-state index is 0.00533. The summed E-state index contributed by atoms with van der Waals surface area (Å²) >= 11 is 0. The van der Waals surface area contributed by atoms with E-state index in [1.807, 2.05) is 12.1 Å². The molecule has 2 aromatic rings. The summed E-state index contributed by atoms with van der Waals surface area (Å²) in [6, 6.07) is 13.6. The predicted molar refractivity (Wildman–Crippen MR) is 111 cm³/mol. The molecule has 0 radical (unpaired) electrons. The molecule has 0 bridgehead atoms. The summed E-state index contributed by atoms with van der Waals surface area (Å²) in [4.78, 5) is 26.5. The molecule has 0 unspecified atom stereocenters. The van der Waals surface area contributed by atoms with E-state index >= 15 is 0 Å². The third-order valence-electron chi connectivity index (χ3n) is 5.05. The zero-order chi connectivity index (χ0) is 20.8. The van der Waals surface area contributed by atoms with Crippen LogP contribution in [-0.2, 0) is 22.6 Å². The molecule has 1 heterocycles. The summed E-state index contributed by atoms with van der Waals surface area (Å²) in [6.45, 7) is 6.11. The Morgan fingerprint density at radius 2 is 1.97 bits per heavy atom. The van der Waals surface area contributed by atoms with Gasteiger partial charge in [-0.25, -0.2) is 0 Å². The Labute approximate surface area is 171 Å². The zero-order valence-corrected chi connectivity index (χ0v) is 17.2. The first-order valence-electron chi connectivity index (χ1n) is 9.87. The van der Waals surface area contributed by atoms with Crippen molar-refractivity contribution in [2.24, 2.45) is 0 Å². The molecule has 1 aliphatic rings. The van der Waals surface area contributed by atoms with E-state index in [1.165, 1.54) is 5.56 Å². The van der Waals surface area contributed by atoms with Crippen molar-refractivity contribution in [2.75, 3.05) is 26.9 Å². The van der Waals surface area contributed by atoms with Gasteiger partial charge in [0, 0.05) is 37.9 Å². The van der Waals surface area contributed by atoms with Crippen LogP contribution in [0.25, 0.3) is 0 Å². The highest BCUT2D eigenvalue weighted by Crippen LogP contribution is 2.25. The average molecular weight is 396 g/mol. The van der Waals surface area contributed by atoms with Gasteiger partial charge in [-0.2, -0.15) is 0 Å². The van der Waals surface area contributed by atoms with Gasteiger partial charge in [0.1, 0.15) is 5.75 Å². The van der Waals surface area contributed by atoms with E-state index in [4.69, 9.17) is 9.47 Å². The average Bonchev–Trinajstić information content (AvgIpc) is 2.89. The number of nitrogens with one attached hydrogen (secondary N) is 1. The van der Waals surface area contributed by atoms with Crippen molar-refractivity contribution < 1.29 is 19.1 Å². The second-order valence-electron chi connectivity index (χ2n) is 7.50. The number of hydrogen-bond donors (Lipinski definition) is 1. The third kappa shape index (κ3) is 5.35. The van der Waals surface area contributed by atoms with Crippen LogP contribution in [-0.4, -0.2) is 43.6 Å². The van der Waals surface area contributed by atoms with Crippen LogP contribution in [0.3, 0.4) is 0 Å². The number of ether oxygens (including phenoxy) is 2. The van der Waals surface area contributed by atoms with Gasteiger partial charge < -0.3 is 19.7 Å². The van der Waals surface area contributed by atoms with Crippen molar-refractivity contribution in [1.82, 2.24) is 10.2 Å². The summed E-state index contributed by atoms with van der Waals surface area (Å²) < 4.78 is 10.7. The van der Waals surface area contributed by atoms with Gasteiger partial charge in [0.15, 0.2) is 6.61 Å². The molecule has 3 rings (SSSR count). The Morgan fingerprint density at radius 3 is 2.66 bits per heavy atom. The number of rotatable bonds is 7. The molecule has 29 heavy (non-hydrogen) atoms. The highest BCUT2D eigenvalue weighted by Gasteiger charge is 2.22. The summed E-state index contributed by atoms with van der Waals surface area (Å²) in [6.07, 6.45) is 0. The van der Waals surface area contributed by atoms with E-state index in [-0.39, 0.29) is 18.4 Å². The number of methoxy groups -OCH3 is 1. The number of amides is 2. The van der Waals surface area contributed by atoms with Gasteiger partial charge in [-0.1, -0.05) is 38.1 Å². The van der Waals surface area contributed by atoms with E-state index in [0.29, 0.717) is 43.5 Å². The lowest BCUT2D eigenvalue weighted by Crippen LogP contribution is -2.34. The zero-order valence-electron chi connectivity index (χ0n) is 17.2. The number of hydrogen-bond acceptors (Lipinski definition) is 4. The molecule has 1 N–H and O–H groups in total. The van der Waals surface area contributed by atoms with E-state index in [1.54, 1.807) is 30.2 Å². The second-order valence-corrected chi connectivity index (χ2v) is 7.50. The van der Waals surface area contributed by atoms with Gasteiger partial charge >= 0.3 is 0 Å². The molecule has 0 atom stereocenters. The van der Waals surface area contributed by atoms with Gasteiger partial charge in [0.05, 0.1) is 6.61 Å². The molecule has 0 spiro atoms. The molecule has 6 heteroatoms. The third-order valence-corrected chi connectivity index (χ3v) is 5.05. The molecule has 2 amide bonds. The number of nitrogens with zero attached hydrogens (tertiary/aromatic N) is 1. The summed E-state index contributed by atoms with van der Waals surface area (Å²) in [5, 5.41) is 2.96. The van der Waals surface area contributed by atoms with Crippen molar-refractivity contribution in [3.63, 3.8) is 0 Å². The molecule has 0 saturated carbocycles. The monoisotopic (exact) mass is 396 g/mol. The normalized spacial score (nSPS) is 13.7. The van der Waals surface area contributed by atoms with Crippen LogP contribution in [0.2, 0.25) is 0 Å². The highest BCUT2D eigenvalue weighted by molar-refractivity contribution is 5.94. The molecule has 1 aliphatic heterocycles. The quantitative estimate of drug-likeness (QED) is 0.781. The maximum absolute atomic E-state index is 12.6. The SMILES string of the molecule is COCCN1Cc2cc(C(=O)NCc3ccc(C(C)C)cc3)ccc2OCC1=O. The van der Waals surface area contributed by atoms with Crippen LogP contribution in [0.15, 0.2) is 42.5 Å². The summed E-state index contributed by atoms with van der Waals surface area (Å²) in [5.41, 5.74) is 3.70. The molecule has 0 aliphatic carbocycles. The molecular weight excluding hydrogens is 368 g/mol. The molecule has 6 nitrogen and oxygen atoms in total. The largest absolute Gasteiger partial charge is 0.483 e. The van der Waals surface area contributed by atoms with Gasteiger partial charge in [0.2, 0.25) is 0 Å².